The number of esters is 1. The van der Waals surface area contributed by atoms with Gasteiger partial charge in [0.2, 0.25) is 0 Å². The number of hydrogen-bond acceptors (Lipinski definition) is 4. The van der Waals surface area contributed by atoms with Crippen molar-refractivity contribution in [1.82, 2.24) is 5.32 Å². The maximum Gasteiger partial charge on any atom is 0.340 e. The first kappa shape index (κ1) is 20.9. The van der Waals surface area contributed by atoms with Gasteiger partial charge in [-0.05, 0) is 28.9 Å². The van der Waals surface area contributed by atoms with E-state index in [1.54, 1.807) is 5.32 Å². The van der Waals surface area contributed by atoms with Gasteiger partial charge in [-0.3, -0.25) is 10.1 Å². The quantitative estimate of drug-likeness (QED) is 0.400. The predicted molar refractivity (Wildman–Crippen MR) is 87.5 cm³/mol. The molecular weight excluding hydrogens is 460 g/mol. The number of carbonyl (C=O) groups is 3. The molecule has 24 heavy (non-hydrogen) atoms. The number of carbonyl (C=O) groups excluding carboxylic acids is 3. The van der Waals surface area contributed by atoms with Gasteiger partial charge in [0.05, 0.1) is 22.3 Å². The SMILES string of the molecule is CCOC(=O)c1cc(F)c(Br)c(F)c1NC(=O)NC(=O)C(Cl)(Cl)Cl. The lowest BCUT2D eigenvalue weighted by molar-refractivity contribution is -0.119. The minimum absolute atomic E-state index is 0.0739. The van der Waals surface area contributed by atoms with E-state index in [-0.39, 0.29) is 6.61 Å². The molecule has 0 heterocycles. The molecule has 0 spiro atoms. The second kappa shape index (κ2) is 8.28. The van der Waals surface area contributed by atoms with Crippen LogP contribution in [0, 0.1) is 11.6 Å². The average Bonchev–Trinajstić information content (AvgIpc) is 2.46. The van der Waals surface area contributed by atoms with Gasteiger partial charge in [-0.1, -0.05) is 34.8 Å². The molecular formula is C12H8BrCl3F2N2O4. The van der Waals surface area contributed by atoms with Crippen molar-refractivity contribution >= 4 is 74.3 Å². The molecule has 2 N–H and O–H groups in total. The van der Waals surface area contributed by atoms with Gasteiger partial charge in [0.1, 0.15) is 5.82 Å². The van der Waals surface area contributed by atoms with E-state index in [0.717, 1.165) is 0 Å². The van der Waals surface area contributed by atoms with Crippen LogP contribution in [0.25, 0.3) is 0 Å². The third-order valence-electron chi connectivity index (χ3n) is 2.38. The topological polar surface area (TPSA) is 84.5 Å². The second-order valence-electron chi connectivity index (χ2n) is 4.04. The van der Waals surface area contributed by atoms with Crippen LogP contribution < -0.4 is 10.6 Å². The summed E-state index contributed by atoms with van der Waals surface area (Å²) in [6.07, 6.45) is 0. The number of hydrogen-bond donors (Lipinski definition) is 2. The monoisotopic (exact) mass is 466 g/mol. The molecule has 0 fully saturated rings. The zero-order valence-electron chi connectivity index (χ0n) is 11.7. The van der Waals surface area contributed by atoms with Crippen molar-refractivity contribution in [3.63, 3.8) is 0 Å². The summed E-state index contributed by atoms with van der Waals surface area (Å²) in [6, 6.07) is -0.661. The van der Waals surface area contributed by atoms with Crippen molar-refractivity contribution in [2.75, 3.05) is 11.9 Å². The van der Waals surface area contributed by atoms with Crippen molar-refractivity contribution in [3.05, 3.63) is 27.7 Å². The van der Waals surface area contributed by atoms with Gasteiger partial charge < -0.3 is 10.1 Å². The molecule has 1 aromatic rings. The van der Waals surface area contributed by atoms with Gasteiger partial charge in [0.25, 0.3) is 9.70 Å². The number of halogens is 6. The molecule has 0 unspecified atom stereocenters. The number of benzene rings is 1. The van der Waals surface area contributed by atoms with Crippen LogP contribution in [0.15, 0.2) is 10.5 Å². The van der Waals surface area contributed by atoms with Gasteiger partial charge in [-0.2, -0.15) is 0 Å². The Hall–Kier alpha value is -1.16. The molecule has 0 aromatic heterocycles. The van der Waals surface area contributed by atoms with E-state index in [4.69, 9.17) is 34.8 Å². The Bertz CT molecular complexity index is 698. The van der Waals surface area contributed by atoms with Crippen molar-refractivity contribution in [3.8, 4) is 0 Å². The Morgan fingerprint density at radius 2 is 1.88 bits per heavy atom. The molecule has 0 aliphatic carbocycles. The summed E-state index contributed by atoms with van der Waals surface area (Å²) in [5.41, 5.74) is -1.33. The first-order chi connectivity index (χ1) is 11.0. The van der Waals surface area contributed by atoms with E-state index < -0.39 is 49.1 Å². The van der Waals surface area contributed by atoms with E-state index in [0.29, 0.717) is 6.07 Å². The number of rotatable bonds is 3. The number of imide groups is 1. The summed E-state index contributed by atoms with van der Waals surface area (Å²) in [5.74, 6) is -4.80. The van der Waals surface area contributed by atoms with Gasteiger partial charge in [0.15, 0.2) is 5.82 Å². The highest BCUT2D eigenvalue weighted by Gasteiger charge is 2.32. The Morgan fingerprint density at radius 1 is 1.29 bits per heavy atom. The second-order valence-corrected chi connectivity index (χ2v) is 7.11. The number of urea groups is 1. The molecule has 3 amide bonds. The Labute approximate surface area is 157 Å². The van der Waals surface area contributed by atoms with Crippen LogP contribution >= 0.6 is 50.7 Å². The van der Waals surface area contributed by atoms with Crippen LogP contribution in [0.3, 0.4) is 0 Å². The Kier molecular flexibility index (Phi) is 7.21. The van der Waals surface area contributed by atoms with E-state index in [1.165, 1.54) is 6.92 Å². The van der Waals surface area contributed by atoms with Crippen molar-refractivity contribution < 1.29 is 27.9 Å². The maximum absolute atomic E-state index is 14.2. The zero-order valence-corrected chi connectivity index (χ0v) is 15.5. The summed E-state index contributed by atoms with van der Waals surface area (Å²) in [5, 5.41) is 3.49. The minimum Gasteiger partial charge on any atom is -0.462 e. The van der Waals surface area contributed by atoms with Crippen molar-refractivity contribution in [2.45, 2.75) is 10.7 Å². The standard InChI is InChI=1S/C12H8BrCl3F2N2O4/c1-2-24-9(21)4-3-5(17)6(13)7(18)8(4)19-11(23)20-10(22)12(14,15)16/h3H,2H2,1H3,(H2,19,20,22,23). The molecule has 1 rings (SSSR count). The summed E-state index contributed by atoms with van der Waals surface area (Å²) in [7, 11) is 0. The lowest BCUT2D eigenvalue weighted by Crippen LogP contribution is -2.41. The van der Waals surface area contributed by atoms with Crippen molar-refractivity contribution in [1.29, 1.82) is 0 Å². The smallest absolute Gasteiger partial charge is 0.340 e. The van der Waals surface area contributed by atoms with Crippen LogP contribution in [-0.2, 0) is 9.53 Å². The average molecular weight is 468 g/mol. The molecule has 0 radical (unpaired) electrons. The fourth-order valence-corrected chi connectivity index (χ4v) is 1.86. The van der Waals surface area contributed by atoms with Gasteiger partial charge in [-0.25, -0.2) is 18.4 Å². The summed E-state index contributed by atoms with van der Waals surface area (Å²) < 4.78 is 29.3. The number of alkyl halides is 3. The van der Waals surface area contributed by atoms with Crippen LogP contribution in [0.1, 0.15) is 17.3 Å². The first-order valence-electron chi connectivity index (χ1n) is 6.02. The molecule has 132 valence electrons. The van der Waals surface area contributed by atoms with Crippen molar-refractivity contribution in [2.24, 2.45) is 0 Å². The highest BCUT2D eigenvalue weighted by Crippen LogP contribution is 2.31. The molecule has 0 saturated heterocycles. The molecule has 0 atom stereocenters. The van der Waals surface area contributed by atoms with E-state index in [2.05, 4.69) is 20.7 Å². The molecule has 6 nitrogen and oxygen atoms in total. The largest absolute Gasteiger partial charge is 0.462 e. The summed E-state index contributed by atoms with van der Waals surface area (Å²) in [6.45, 7) is 1.40. The molecule has 12 heteroatoms. The van der Waals surface area contributed by atoms with Crippen LogP contribution in [0.2, 0.25) is 0 Å². The predicted octanol–water partition coefficient (Wildman–Crippen LogP) is 3.92. The zero-order chi connectivity index (χ0) is 18.7. The van der Waals surface area contributed by atoms with E-state index in [9.17, 15) is 23.2 Å². The molecule has 0 saturated carbocycles. The normalized spacial score (nSPS) is 11.0. The Balaban J connectivity index is 3.18. The summed E-state index contributed by atoms with van der Waals surface area (Å²) >= 11 is 18.4. The summed E-state index contributed by atoms with van der Waals surface area (Å²) in [4.78, 5) is 34.8. The number of anilines is 1. The minimum atomic E-state index is -2.44. The van der Waals surface area contributed by atoms with E-state index >= 15 is 0 Å². The number of amides is 3. The first-order valence-corrected chi connectivity index (χ1v) is 7.95. The van der Waals surface area contributed by atoms with Crippen LogP contribution in [-0.4, -0.2) is 28.3 Å². The lowest BCUT2D eigenvalue weighted by atomic mass is 10.1. The molecule has 1 aromatic carbocycles. The van der Waals surface area contributed by atoms with Gasteiger partial charge in [0, 0.05) is 0 Å². The number of ether oxygens (including phenoxy) is 1. The highest BCUT2D eigenvalue weighted by atomic mass is 79.9. The third kappa shape index (κ3) is 5.17. The Morgan fingerprint density at radius 3 is 2.38 bits per heavy atom. The van der Waals surface area contributed by atoms with Crippen LogP contribution in [0.4, 0.5) is 19.3 Å². The molecule has 0 aliphatic heterocycles. The fourth-order valence-electron chi connectivity index (χ4n) is 1.41. The fraction of sp³-hybridized carbons (Fsp3) is 0.250. The lowest BCUT2D eigenvalue weighted by Gasteiger charge is -2.15. The number of nitrogens with one attached hydrogen (secondary N) is 2. The molecule has 0 bridgehead atoms. The van der Waals surface area contributed by atoms with E-state index in [1.807, 2.05) is 5.32 Å². The highest BCUT2D eigenvalue weighted by molar-refractivity contribution is 9.10. The maximum atomic E-state index is 14.2. The molecule has 0 aliphatic rings. The third-order valence-corrected chi connectivity index (χ3v) is 3.62. The van der Waals surface area contributed by atoms with Gasteiger partial charge >= 0.3 is 12.0 Å². The van der Waals surface area contributed by atoms with Crippen LogP contribution in [0.5, 0.6) is 0 Å². The van der Waals surface area contributed by atoms with Gasteiger partial charge in [-0.15, -0.1) is 0 Å².